The van der Waals surface area contributed by atoms with Gasteiger partial charge in [-0.1, -0.05) is 12.1 Å². The van der Waals surface area contributed by atoms with E-state index in [1.165, 1.54) is 56.5 Å². The summed E-state index contributed by atoms with van der Waals surface area (Å²) in [7, 11) is -17.4. The molecule has 0 spiro atoms. The zero-order valence-corrected chi connectivity index (χ0v) is 27.4. The molecule has 17 nitrogen and oxygen atoms in total. The van der Waals surface area contributed by atoms with Crippen LogP contribution in [0, 0.1) is 6.92 Å². The molecule has 5 N–H and O–H groups in total. The Balaban J connectivity index is 1.77. The van der Waals surface area contributed by atoms with Gasteiger partial charge < -0.3 is 15.2 Å². The van der Waals surface area contributed by atoms with Gasteiger partial charge in [-0.25, -0.2) is 12.6 Å². The lowest BCUT2D eigenvalue weighted by Gasteiger charge is -2.13. The first-order valence-electron chi connectivity index (χ1n) is 12.8. The highest BCUT2D eigenvalue weighted by atomic mass is 32.3. The number of sulfone groups is 1. The molecule has 0 saturated carbocycles. The van der Waals surface area contributed by atoms with Crippen molar-refractivity contribution in [1.29, 1.82) is 0 Å². The van der Waals surface area contributed by atoms with E-state index in [1.54, 1.807) is 0 Å². The number of methoxy groups -OCH3 is 1. The van der Waals surface area contributed by atoms with Crippen molar-refractivity contribution in [1.82, 2.24) is 0 Å². The second-order valence-corrected chi connectivity index (χ2v) is 15.6. The first kappa shape index (κ1) is 35.6. The molecule has 0 amide bonds. The zero-order valence-electron chi connectivity index (χ0n) is 24.1. The van der Waals surface area contributed by atoms with Crippen molar-refractivity contribution in [2.45, 2.75) is 21.6 Å². The average Bonchev–Trinajstić information content (AvgIpc) is 2.95. The predicted molar refractivity (Wildman–Crippen MR) is 166 cm³/mol. The smallest absolute Gasteiger partial charge is 0.397 e. The van der Waals surface area contributed by atoms with Gasteiger partial charge in [-0.05, 0) is 60.3 Å². The highest BCUT2D eigenvalue weighted by molar-refractivity contribution is 7.91. The molecule has 0 radical (unpaired) electrons. The number of benzene rings is 4. The van der Waals surface area contributed by atoms with E-state index in [2.05, 4.69) is 19.7 Å². The summed E-state index contributed by atoms with van der Waals surface area (Å²) in [6.45, 7) is 0.491. The van der Waals surface area contributed by atoms with Gasteiger partial charge in [0.15, 0.2) is 15.6 Å². The third kappa shape index (κ3) is 8.58. The fourth-order valence-corrected chi connectivity index (χ4v) is 7.25. The molecule has 0 saturated heterocycles. The SMILES string of the molecule is COc1cc(S(=O)(=O)CCOS(=O)(=O)O)c(C)cc1N=Nc1c(S(=O)(=O)O)cc2ccc(Nc3cccc(S(=O)(=O)O)c3)cc2c1O. The number of hydrogen-bond donors (Lipinski definition) is 5. The van der Waals surface area contributed by atoms with Crippen LogP contribution in [-0.4, -0.2) is 71.9 Å². The number of hydrogen-bond acceptors (Lipinski definition) is 14. The monoisotopic (exact) mass is 731 g/mol. The minimum Gasteiger partial charge on any atom is -0.505 e. The lowest BCUT2D eigenvalue weighted by atomic mass is 10.1. The molecule has 0 heterocycles. The second kappa shape index (κ2) is 13.1. The minimum atomic E-state index is -4.99. The number of phenols is 1. The van der Waals surface area contributed by atoms with Crippen LogP contribution in [-0.2, 0) is 44.7 Å². The number of nitrogens with zero attached hydrogens (tertiary/aromatic N) is 2. The summed E-state index contributed by atoms with van der Waals surface area (Å²) >= 11 is 0. The van der Waals surface area contributed by atoms with Crippen LogP contribution in [0.1, 0.15) is 5.56 Å². The van der Waals surface area contributed by atoms with Gasteiger partial charge >= 0.3 is 10.4 Å². The van der Waals surface area contributed by atoms with Gasteiger partial charge in [-0.2, -0.15) is 25.3 Å². The Bertz CT molecular complexity index is 2360. The normalized spacial score (nSPS) is 12.9. The summed E-state index contributed by atoms with van der Waals surface area (Å²) < 4.78 is 132. The fourth-order valence-electron chi connectivity index (χ4n) is 4.31. The summed E-state index contributed by atoms with van der Waals surface area (Å²) in [6, 6.07) is 12.7. The second-order valence-electron chi connectivity index (χ2n) is 9.67. The molecule has 0 bridgehead atoms. The van der Waals surface area contributed by atoms with Crippen molar-refractivity contribution >= 4 is 74.0 Å². The molecule has 0 aliphatic rings. The number of nitrogens with one attached hydrogen (secondary N) is 1. The van der Waals surface area contributed by atoms with Crippen molar-refractivity contribution < 1.29 is 61.4 Å². The molecule has 4 aromatic rings. The van der Waals surface area contributed by atoms with E-state index in [-0.39, 0.29) is 43.3 Å². The van der Waals surface area contributed by atoms with Gasteiger partial charge in [-0.15, -0.1) is 10.2 Å². The molecule has 21 heteroatoms. The Morgan fingerprint density at radius 1 is 0.787 bits per heavy atom. The highest BCUT2D eigenvalue weighted by Crippen LogP contribution is 2.43. The largest absolute Gasteiger partial charge is 0.505 e. The molecule has 0 atom stereocenters. The van der Waals surface area contributed by atoms with Crippen LogP contribution in [0.3, 0.4) is 0 Å². The molecule has 47 heavy (non-hydrogen) atoms. The third-order valence-electron chi connectivity index (χ3n) is 6.40. The molecule has 0 fully saturated rings. The summed E-state index contributed by atoms with van der Waals surface area (Å²) in [5.74, 6) is -1.74. The van der Waals surface area contributed by atoms with Crippen molar-refractivity contribution in [2.75, 3.05) is 24.8 Å². The third-order valence-corrected chi connectivity index (χ3v) is 10.4. The van der Waals surface area contributed by atoms with Crippen LogP contribution in [0.4, 0.5) is 22.7 Å². The first-order chi connectivity index (χ1) is 21.7. The van der Waals surface area contributed by atoms with Crippen LogP contribution >= 0.6 is 0 Å². The maximum absolute atomic E-state index is 12.8. The Morgan fingerprint density at radius 3 is 2.09 bits per heavy atom. The number of aryl methyl sites for hydroxylation is 1. The summed E-state index contributed by atoms with van der Waals surface area (Å²) in [4.78, 5) is -1.50. The summed E-state index contributed by atoms with van der Waals surface area (Å²) in [5.41, 5.74) is -0.207. The fraction of sp³-hybridized carbons (Fsp3) is 0.154. The van der Waals surface area contributed by atoms with Crippen LogP contribution in [0.15, 0.2) is 85.6 Å². The van der Waals surface area contributed by atoms with E-state index in [4.69, 9.17) is 9.29 Å². The maximum atomic E-state index is 12.8. The summed E-state index contributed by atoms with van der Waals surface area (Å²) in [6.07, 6.45) is 0. The number of ether oxygens (including phenoxy) is 1. The van der Waals surface area contributed by atoms with E-state index in [0.29, 0.717) is 5.69 Å². The predicted octanol–water partition coefficient (Wildman–Crippen LogP) is 4.11. The molecule has 4 rings (SSSR count). The molecular formula is C26H25N3O14S4. The average molecular weight is 732 g/mol. The topological polar surface area (TPSA) is 273 Å². The van der Waals surface area contributed by atoms with Crippen LogP contribution in [0.5, 0.6) is 11.5 Å². The van der Waals surface area contributed by atoms with Gasteiger partial charge in [0.1, 0.15) is 22.0 Å². The minimum absolute atomic E-state index is 0.0268. The van der Waals surface area contributed by atoms with Crippen LogP contribution in [0.2, 0.25) is 0 Å². The molecule has 0 aromatic heterocycles. The van der Waals surface area contributed by atoms with Gasteiger partial charge in [0.2, 0.25) is 0 Å². The van der Waals surface area contributed by atoms with E-state index in [0.717, 1.165) is 18.2 Å². The van der Waals surface area contributed by atoms with Crippen molar-refractivity contribution in [3.05, 3.63) is 66.2 Å². The number of aromatic hydroxyl groups is 1. The van der Waals surface area contributed by atoms with Crippen LogP contribution in [0.25, 0.3) is 10.8 Å². The zero-order chi connectivity index (χ0) is 34.9. The van der Waals surface area contributed by atoms with Crippen molar-refractivity contribution in [2.24, 2.45) is 10.2 Å². The quantitative estimate of drug-likeness (QED) is 0.101. The molecule has 0 aliphatic carbocycles. The lowest BCUT2D eigenvalue weighted by Crippen LogP contribution is -2.16. The summed E-state index contributed by atoms with van der Waals surface area (Å²) in [5, 5.41) is 22.0. The number of rotatable bonds is 12. The standard InChI is InChI=1S/C26H25N3O14S4/c1-15-10-21(22(42-2)14-23(15)44(31,32)9-8-43-47(39,40)41)28-29-25-24(46(36,37)38)11-16-6-7-18(13-20(16)26(25)30)27-17-4-3-5-19(12-17)45(33,34)35/h3-7,10-14,27,30H,8-9H2,1-2H3,(H,33,34,35)(H,36,37,38)(H,39,40,41). The van der Waals surface area contributed by atoms with Gasteiger partial charge in [0.05, 0.1) is 29.3 Å². The lowest BCUT2D eigenvalue weighted by molar-refractivity contribution is 0.284. The Labute approximate surface area is 268 Å². The number of phenolic OH excluding ortho intramolecular Hbond substituents is 1. The van der Waals surface area contributed by atoms with Gasteiger partial charge in [-0.3, -0.25) is 13.7 Å². The Hall–Kier alpha value is -4.22. The molecule has 252 valence electrons. The van der Waals surface area contributed by atoms with Gasteiger partial charge in [0.25, 0.3) is 20.2 Å². The molecule has 0 aliphatic heterocycles. The molecule has 4 aromatic carbocycles. The maximum Gasteiger partial charge on any atom is 0.397 e. The Morgan fingerprint density at radius 2 is 1.47 bits per heavy atom. The van der Waals surface area contributed by atoms with Gasteiger partial charge in [0, 0.05) is 22.8 Å². The first-order valence-corrected chi connectivity index (χ1v) is 18.7. The van der Waals surface area contributed by atoms with E-state index >= 15 is 0 Å². The number of anilines is 2. The van der Waals surface area contributed by atoms with Crippen molar-refractivity contribution in [3.8, 4) is 11.5 Å². The van der Waals surface area contributed by atoms with Crippen molar-refractivity contribution in [3.63, 3.8) is 0 Å². The van der Waals surface area contributed by atoms with E-state index < -0.39 is 69.2 Å². The highest BCUT2D eigenvalue weighted by Gasteiger charge is 2.24. The van der Waals surface area contributed by atoms with E-state index in [1.807, 2.05) is 0 Å². The Kier molecular flexibility index (Phi) is 9.94. The number of fused-ring (bicyclic) bond motifs is 1. The molecular weight excluding hydrogens is 707 g/mol. The van der Waals surface area contributed by atoms with E-state index in [9.17, 15) is 47.9 Å². The molecule has 0 unspecified atom stereocenters. The van der Waals surface area contributed by atoms with Crippen LogP contribution < -0.4 is 10.1 Å². The number of azo groups is 1.